The topological polar surface area (TPSA) is 104 Å². The molecule has 1 spiro atoms. The van der Waals surface area contributed by atoms with Crippen molar-refractivity contribution < 1.29 is 23.9 Å². The number of aromatic amines is 1. The van der Waals surface area contributed by atoms with Crippen molar-refractivity contribution in [2.45, 2.75) is 25.0 Å². The third-order valence-corrected chi connectivity index (χ3v) is 7.55. The quantitative estimate of drug-likeness (QED) is 0.356. The van der Waals surface area contributed by atoms with Crippen molar-refractivity contribution in [3.05, 3.63) is 95.7 Å². The third-order valence-electron chi connectivity index (χ3n) is 7.55. The Balaban J connectivity index is 1.26. The van der Waals surface area contributed by atoms with Gasteiger partial charge in [0.15, 0.2) is 5.54 Å². The number of hydrogen-bond acceptors (Lipinski definition) is 5. The van der Waals surface area contributed by atoms with E-state index in [-0.39, 0.29) is 32.0 Å². The zero-order chi connectivity index (χ0) is 27.0. The highest BCUT2D eigenvalue weighted by molar-refractivity contribution is 6.09. The first-order valence-electron chi connectivity index (χ1n) is 12.9. The molecule has 6 rings (SSSR count). The monoisotopic (exact) mass is 524 g/mol. The number of aromatic nitrogens is 1. The molecule has 0 bridgehead atoms. The van der Waals surface area contributed by atoms with Crippen molar-refractivity contribution in [2.24, 2.45) is 0 Å². The number of ether oxygens (including phenoxy) is 2. The van der Waals surface area contributed by atoms with Gasteiger partial charge in [-0.1, -0.05) is 54.6 Å². The number of methoxy groups -OCH3 is 1. The number of carbonyl (C=O) groups is 3. The van der Waals surface area contributed by atoms with Gasteiger partial charge in [-0.15, -0.1) is 0 Å². The fourth-order valence-electron chi connectivity index (χ4n) is 5.50. The molecule has 1 saturated heterocycles. The van der Waals surface area contributed by atoms with E-state index in [1.807, 2.05) is 60.8 Å². The van der Waals surface area contributed by atoms with E-state index in [4.69, 9.17) is 9.47 Å². The Kier molecular flexibility index (Phi) is 6.18. The van der Waals surface area contributed by atoms with Gasteiger partial charge in [0.2, 0.25) is 0 Å². The summed E-state index contributed by atoms with van der Waals surface area (Å²) in [5, 5.41) is 4.03. The molecule has 3 heterocycles. The number of fused-ring (bicyclic) bond motifs is 3. The van der Waals surface area contributed by atoms with Crippen LogP contribution in [0.2, 0.25) is 0 Å². The Morgan fingerprint density at radius 2 is 1.82 bits per heavy atom. The fourth-order valence-corrected chi connectivity index (χ4v) is 5.50. The minimum absolute atomic E-state index is 0.123. The van der Waals surface area contributed by atoms with Crippen LogP contribution in [0.4, 0.5) is 15.3 Å². The Morgan fingerprint density at radius 1 is 1.03 bits per heavy atom. The zero-order valence-corrected chi connectivity index (χ0v) is 21.5. The van der Waals surface area contributed by atoms with Gasteiger partial charge in [0.25, 0.3) is 5.91 Å². The second-order valence-electron chi connectivity index (χ2n) is 9.73. The number of urea groups is 1. The first-order chi connectivity index (χ1) is 19.0. The van der Waals surface area contributed by atoms with E-state index < -0.39 is 17.7 Å². The molecule has 1 atom stereocenters. The highest BCUT2D eigenvalue weighted by Crippen LogP contribution is 2.44. The highest BCUT2D eigenvalue weighted by atomic mass is 16.6. The van der Waals surface area contributed by atoms with Crippen LogP contribution in [0.1, 0.15) is 23.1 Å². The van der Waals surface area contributed by atoms with Gasteiger partial charge >= 0.3 is 12.1 Å². The summed E-state index contributed by atoms with van der Waals surface area (Å²) in [5.41, 5.74) is 2.66. The van der Waals surface area contributed by atoms with Crippen LogP contribution in [-0.4, -0.2) is 48.1 Å². The number of benzene rings is 3. The van der Waals surface area contributed by atoms with Gasteiger partial charge in [0.05, 0.1) is 12.8 Å². The molecule has 4 amide bonds. The first-order valence-corrected chi connectivity index (χ1v) is 12.9. The zero-order valence-electron chi connectivity index (χ0n) is 21.5. The number of nitrogens with zero attached hydrogens (tertiary/aromatic N) is 2. The number of hydrogen-bond donors (Lipinski definition) is 2. The summed E-state index contributed by atoms with van der Waals surface area (Å²) in [6, 6.07) is 22.1. The lowest BCUT2D eigenvalue weighted by Crippen LogP contribution is -2.52. The van der Waals surface area contributed by atoms with Gasteiger partial charge in [0.1, 0.15) is 12.4 Å². The molecule has 39 heavy (non-hydrogen) atoms. The van der Waals surface area contributed by atoms with Crippen LogP contribution in [0.25, 0.3) is 10.9 Å². The van der Waals surface area contributed by atoms with E-state index in [0.29, 0.717) is 23.4 Å². The van der Waals surface area contributed by atoms with Crippen LogP contribution in [-0.2, 0) is 28.1 Å². The van der Waals surface area contributed by atoms with Crippen LogP contribution in [0.3, 0.4) is 0 Å². The summed E-state index contributed by atoms with van der Waals surface area (Å²) < 4.78 is 11.0. The van der Waals surface area contributed by atoms with Crippen LogP contribution in [0.5, 0.6) is 5.75 Å². The van der Waals surface area contributed by atoms with Crippen molar-refractivity contribution >= 4 is 34.6 Å². The fraction of sp³-hybridized carbons (Fsp3) is 0.233. The average molecular weight is 525 g/mol. The average Bonchev–Trinajstić information content (AvgIpc) is 3.49. The third kappa shape index (κ3) is 4.25. The minimum Gasteiger partial charge on any atom is -0.497 e. The lowest BCUT2D eigenvalue weighted by Gasteiger charge is -2.38. The van der Waals surface area contributed by atoms with Crippen LogP contribution >= 0.6 is 0 Å². The van der Waals surface area contributed by atoms with E-state index in [2.05, 4.69) is 10.3 Å². The van der Waals surface area contributed by atoms with Gasteiger partial charge in [-0.25, -0.2) is 9.59 Å². The van der Waals surface area contributed by atoms with E-state index >= 15 is 0 Å². The van der Waals surface area contributed by atoms with Gasteiger partial charge < -0.3 is 19.8 Å². The van der Waals surface area contributed by atoms with Gasteiger partial charge in [-0.3, -0.25) is 14.6 Å². The van der Waals surface area contributed by atoms with Crippen LogP contribution in [0, 0.1) is 0 Å². The second kappa shape index (κ2) is 9.83. The normalized spacial score (nSPS) is 18.4. The lowest BCUT2D eigenvalue weighted by atomic mass is 9.82. The second-order valence-corrected chi connectivity index (χ2v) is 9.73. The summed E-state index contributed by atoms with van der Waals surface area (Å²) in [5.74, 6) is 0.204. The van der Waals surface area contributed by atoms with Crippen molar-refractivity contribution in [1.29, 1.82) is 0 Å². The molecule has 9 heteroatoms. The Hall–Kier alpha value is -4.79. The molecule has 0 saturated carbocycles. The molecule has 1 fully saturated rings. The molecular weight excluding hydrogens is 496 g/mol. The Labute approximate surface area is 225 Å². The van der Waals surface area contributed by atoms with Gasteiger partial charge in [0, 0.05) is 48.2 Å². The molecule has 4 aromatic rings. The first kappa shape index (κ1) is 24.5. The van der Waals surface area contributed by atoms with Crippen molar-refractivity contribution in [3.8, 4) is 5.75 Å². The predicted octanol–water partition coefficient (Wildman–Crippen LogP) is 4.71. The molecule has 1 aromatic heterocycles. The number of amides is 4. The van der Waals surface area contributed by atoms with E-state index in [1.54, 1.807) is 18.2 Å². The largest absolute Gasteiger partial charge is 0.497 e. The van der Waals surface area contributed by atoms with Crippen molar-refractivity contribution in [1.82, 2.24) is 15.2 Å². The number of carbonyl (C=O) groups excluding carboxylic acids is 3. The maximum absolute atomic E-state index is 13.9. The van der Waals surface area contributed by atoms with E-state index in [0.717, 1.165) is 22.0 Å². The van der Waals surface area contributed by atoms with Crippen molar-refractivity contribution in [3.63, 3.8) is 0 Å². The molecule has 2 aliphatic heterocycles. The summed E-state index contributed by atoms with van der Waals surface area (Å²) in [4.78, 5) is 46.2. The number of imide groups is 1. The molecule has 2 N–H and O–H groups in total. The maximum Gasteiger partial charge on any atom is 0.414 e. The maximum atomic E-state index is 13.9. The molecule has 3 aromatic carbocycles. The minimum atomic E-state index is -1.27. The summed E-state index contributed by atoms with van der Waals surface area (Å²) in [6.45, 7) is 0.552. The number of para-hydroxylation sites is 1. The molecule has 0 aliphatic carbocycles. The standard InChI is InChI=1S/C30H28N4O5/c1-38-22-11-12-24-26(17-22)33(29(37)39-19-20-7-3-2-4-8-20)16-14-30(24)27(35)34(28(36)32-30)15-13-21-18-31-25-10-6-5-9-23(21)25/h2-12,17-18,31H,13-16,19H2,1H3,(H,32,36). The molecule has 2 aliphatic rings. The van der Waals surface area contributed by atoms with E-state index in [1.165, 1.54) is 16.9 Å². The molecule has 1 unspecified atom stereocenters. The smallest absolute Gasteiger partial charge is 0.414 e. The predicted molar refractivity (Wildman–Crippen MR) is 146 cm³/mol. The van der Waals surface area contributed by atoms with E-state index in [9.17, 15) is 14.4 Å². The lowest BCUT2D eigenvalue weighted by molar-refractivity contribution is -0.132. The molecule has 9 nitrogen and oxygen atoms in total. The number of H-pyrrole nitrogens is 1. The molecular formula is C30H28N4O5. The number of nitrogens with one attached hydrogen (secondary N) is 2. The SMILES string of the molecule is COc1ccc2c(c1)N(C(=O)OCc1ccccc1)CCC21NC(=O)N(CCc2c[nH]c3ccccc23)C1=O. The number of anilines is 1. The summed E-state index contributed by atoms with van der Waals surface area (Å²) in [6.07, 6.45) is 2.13. The summed E-state index contributed by atoms with van der Waals surface area (Å²) >= 11 is 0. The molecule has 0 radical (unpaired) electrons. The summed E-state index contributed by atoms with van der Waals surface area (Å²) in [7, 11) is 1.54. The Bertz CT molecular complexity index is 1570. The highest BCUT2D eigenvalue weighted by Gasteiger charge is 2.55. The van der Waals surface area contributed by atoms with Gasteiger partial charge in [-0.2, -0.15) is 0 Å². The van der Waals surface area contributed by atoms with Crippen molar-refractivity contribution in [2.75, 3.05) is 25.1 Å². The van der Waals surface area contributed by atoms with Gasteiger partial charge in [-0.05, 0) is 29.7 Å². The number of rotatable bonds is 6. The Morgan fingerprint density at radius 3 is 2.64 bits per heavy atom. The van der Waals surface area contributed by atoms with Crippen LogP contribution < -0.4 is 15.0 Å². The van der Waals surface area contributed by atoms with Crippen LogP contribution in [0.15, 0.2) is 79.0 Å². The molecule has 198 valence electrons.